The van der Waals surface area contributed by atoms with Crippen LogP contribution in [0.5, 0.6) is 11.5 Å². The van der Waals surface area contributed by atoms with E-state index in [0.717, 1.165) is 6.21 Å². The Bertz CT molecular complexity index is 283. The van der Waals surface area contributed by atoms with Crippen LogP contribution in [0, 0.1) is 0 Å². The van der Waals surface area contributed by atoms with E-state index in [1.807, 2.05) is 0 Å². The van der Waals surface area contributed by atoms with Gasteiger partial charge in [-0.1, -0.05) is 5.16 Å². The molecule has 58 valence electrons. The molecule has 3 N–H and O–H groups in total. The fourth-order valence-electron chi connectivity index (χ4n) is 0.687. The van der Waals surface area contributed by atoms with Gasteiger partial charge in [-0.15, -0.1) is 0 Å². The molecular formula is C7H7NO3. The molecule has 1 aromatic carbocycles. The Balaban J connectivity index is 3.05. The lowest BCUT2D eigenvalue weighted by atomic mass is 10.2. The van der Waals surface area contributed by atoms with Crippen LogP contribution in [0.4, 0.5) is 0 Å². The summed E-state index contributed by atoms with van der Waals surface area (Å²) in [6.07, 6.45) is 1.15. The maximum Gasteiger partial charge on any atom is 0.158 e. The minimum Gasteiger partial charge on any atom is -0.504 e. The third-order valence-electron chi connectivity index (χ3n) is 1.21. The Hall–Kier alpha value is -1.71. The molecule has 1 aromatic rings. The maximum absolute atomic E-state index is 8.93. The van der Waals surface area contributed by atoms with Gasteiger partial charge in [-0.2, -0.15) is 0 Å². The van der Waals surface area contributed by atoms with E-state index in [1.165, 1.54) is 18.2 Å². The Morgan fingerprint density at radius 1 is 1.18 bits per heavy atom. The smallest absolute Gasteiger partial charge is 0.158 e. The average Bonchev–Trinajstić information content (AvgIpc) is 1.98. The van der Waals surface area contributed by atoms with E-state index in [0.29, 0.717) is 5.56 Å². The van der Waals surface area contributed by atoms with Crippen LogP contribution in [0.25, 0.3) is 0 Å². The second kappa shape index (κ2) is 2.92. The number of phenols is 2. The second-order valence-electron chi connectivity index (χ2n) is 1.99. The van der Waals surface area contributed by atoms with Gasteiger partial charge in [-0.3, -0.25) is 0 Å². The summed E-state index contributed by atoms with van der Waals surface area (Å²) in [4.78, 5) is 0. The van der Waals surface area contributed by atoms with Crippen molar-refractivity contribution in [2.75, 3.05) is 0 Å². The first-order valence-corrected chi connectivity index (χ1v) is 2.93. The Morgan fingerprint density at radius 2 is 1.91 bits per heavy atom. The second-order valence-corrected chi connectivity index (χ2v) is 1.99. The zero-order chi connectivity index (χ0) is 8.27. The SMILES string of the molecule is O/N=C/c1ccc(O)c(O)c1. The van der Waals surface area contributed by atoms with E-state index < -0.39 is 0 Å². The zero-order valence-corrected chi connectivity index (χ0v) is 5.60. The normalized spacial score (nSPS) is 10.5. The Kier molecular flexibility index (Phi) is 1.96. The first kappa shape index (κ1) is 7.40. The molecule has 0 radical (unpaired) electrons. The van der Waals surface area contributed by atoms with Crippen molar-refractivity contribution in [3.8, 4) is 11.5 Å². The molecule has 0 atom stereocenters. The number of nitrogens with zero attached hydrogens (tertiary/aromatic N) is 1. The molecule has 0 saturated carbocycles. The summed E-state index contributed by atoms with van der Waals surface area (Å²) in [5, 5.41) is 28.7. The lowest BCUT2D eigenvalue weighted by Crippen LogP contribution is -1.79. The molecule has 0 bridgehead atoms. The van der Waals surface area contributed by atoms with E-state index in [2.05, 4.69) is 5.16 Å². The van der Waals surface area contributed by atoms with Gasteiger partial charge >= 0.3 is 0 Å². The van der Waals surface area contributed by atoms with Gasteiger partial charge in [0.25, 0.3) is 0 Å². The van der Waals surface area contributed by atoms with Crippen molar-refractivity contribution in [2.45, 2.75) is 0 Å². The standard InChI is InChI=1S/C7H7NO3/c9-6-2-1-5(4-8-11)3-7(6)10/h1-4,9-11H/b8-4+. The Labute approximate surface area is 63.0 Å². The third kappa shape index (κ3) is 1.61. The van der Waals surface area contributed by atoms with Crippen molar-refractivity contribution in [3.05, 3.63) is 23.8 Å². The van der Waals surface area contributed by atoms with Crippen molar-refractivity contribution in [2.24, 2.45) is 5.16 Å². The predicted molar refractivity (Wildman–Crippen MR) is 39.2 cm³/mol. The van der Waals surface area contributed by atoms with E-state index in [1.54, 1.807) is 0 Å². The summed E-state index contributed by atoms with van der Waals surface area (Å²) >= 11 is 0. The highest BCUT2D eigenvalue weighted by molar-refractivity contribution is 5.80. The molecule has 1 rings (SSSR count). The number of hydrogen-bond donors (Lipinski definition) is 3. The molecular weight excluding hydrogens is 146 g/mol. The maximum atomic E-state index is 8.93. The van der Waals surface area contributed by atoms with Crippen LogP contribution in [0.15, 0.2) is 23.4 Å². The molecule has 0 aliphatic carbocycles. The molecule has 0 spiro atoms. The molecule has 0 aliphatic heterocycles. The van der Waals surface area contributed by atoms with Gasteiger partial charge < -0.3 is 15.4 Å². The summed E-state index contributed by atoms with van der Waals surface area (Å²) in [5.74, 6) is -0.428. The van der Waals surface area contributed by atoms with Gasteiger partial charge in [0.15, 0.2) is 11.5 Å². The van der Waals surface area contributed by atoms with Crippen molar-refractivity contribution in [1.29, 1.82) is 0 Å². The van der Waals surface area contributed by atoms with Gasteiger partial charge in [0.05, 0.1) is 6.21 Å². The molecule has 0 aromatic heterocycles. The highest BCUT2D eigenvalue weighted by atomic mass is 16.4. The fourth-order valence-corrected chi connectivity index (χ4v) is 0.687. The van der Waals surface area contributed by atoms with E-state index in [-0.39, 0.29) is 11.5 Å². The van der Waals surface area contributed by atoms with Gasteiger partial charge in [0.1, 0.15) is 0 Å². The lowest BCUT2D eigenvalue weighted by Gasteiger charge is -1.96. The summed E-state index contributed by atoms with van der Waals surface area (Å²) < 4.78 is 0. The van der Waals surface area contributed by atoms with Gasteiger partial charge in [0, 0.05) is 0 Å². The van der Waals surface area contributed by atoms with Gasteiger partial charge in [-0.25, -0.2) is 0 Å². The van der Waals surface area contributed by atoms with Crippen molar-refractivity contribution >= 4 is 6.21 Å². The molecule has 0 saturated heterocycles. The van der Waals surface area contributed by atoms with Crippen molar-refractivity contribution in [3.63, 3.8) is 0 Å². The minimum absolute atomic E-state index is 0.194. The predicted octanol–water partition coefficient (Wildman–Crippen LogP) is 0.906. The van der Waals surface area contributed by atoms with Crippen LogP contribution in [-0.4, -0.2) is 21.6 Å². The van der Waals surface area contributed by atoms with Crippen LogP contribution >= 0.6 is 0 Å². The molecule has 0 unspecified atom stereocenters. The van der Waals surface area contributed by atoms with Gasteiger partial charge in [0.2, 0.25) is 0 Å². The van der Waals surface area contributed by atoms with Crippen LogP contribution in [0.3, 0.4) is 0 Å². The number of aromatic hydroxyl groups is 2. The molecule has 0 fully saturated rings. The zero-order valence-electron chi connectivity index (χ0n) is 5.60. The average molecular weight is 153 g/mol. The highest BCUT2D eigenvalue weighted by Gasteiger charge is 1.97. The fraction of sp³-hybridized carbons (Fsp3) is 0. The Morgan fingerprint density at radius 3 is 2.45 bits per heavy atom. The van der Waals surface area contributed by atoms with Crippen LogP contribution < -0.4 is 0 Å². The first-order valence-electron chi connectivity index (χ1n) is 2.93. The lowest BCUT2D eigenvalue weighted by molar-refractivity contribution is 0.322. The summed E-state index contributed by atoms with van der Waals surface area (Å²) in [7, 11) is 0. The van der Waals surface area contributed by atoms with Gasteiger partial charge in [-0.05, 0) is 23.8 Å². The molecule has 0 heterocycles. The van der Waals surface area contributed by atoms with E-state index in [4.69, 9.17) is 15.4 Å². The van der Waals surface area contributed by atoms with Crippen LogP contribution in [-0.2, 0) is 0 Å². The van der Waals surface area contributed by atoms with Crippen LogP contribution in [0.2, 0.25) is 0 Å². The summed E-state index contributed by atoms with van der Waals surface area (Å²) in [5.41, 5.74) is 0.516. The number of oxime groups is 1. The van der Waals surface area contributed by atoms with Crippen LogP contribution in [0.1, 0.15) is 5.56 Å². The molecule has 0 amide bonds. The molecule has 4 heteroatoms. The molecule has 4 nitrogen and oxygen atoms in total. The van der Waals surface area contributed by atoms with E-state index >= 15 is 0 Å². The molecule has 0 aliphatic rings. The third-order valence-corrected chi connectivity index (χ3v) is 1.21. The number of rotatable bonds is 1. The van der Waals surface area contributed by atoms with Crippen molar-refractivity contribution < 1.29 is 15.4 Å². The monoisotopic (exact) mass is 153 g/mol. The first-order chi connectivity index (χ1) is 5.24. The van der Waals surface area contributed by atoms with Crippen molar-refractivity contribution in [1.82, 2.24) is 0 Å². The quantitative estimate of drug-likeness (QED) is 0.243. The summed E-state index contributed by atoms with van der Waals surface area (Å²) in [6.45, 7) is 0. The topological polar surface area (TPSA) is 73.1 Å². The number of hydrogen-bond acceptors (Lipinski definition) is 4. The minimum atomic E-state index is -0.234. The van der Waals surface area contributed by atoms with E-state index in [9.17, 15) is 0 Å². The number of phenolic OH excluding ortho intramolecular Hbond substituents is 2. The summed E-state index contributed by atoms with van der Waals surface area (Å²) in [6, 6.07) is 4.11. The highest BCUT2D eigenvalue weighted by Crippen LogP contribution is 2.23. The largest absolute Gasteiger partial charge is 0.504 e. The number of benzene rings is 1. The molecule has 11 heavy (non-hydrogen) atoms.